The van der Waals surface area contributed by atoms with Crippen molar-refractivity contribution < 1.29 is 40.5 Å². The second-order valence-corrected chi connectivity index (χ2v) is 9.36. The van der Waals surface area contributed by atoms with Crippen molar-refractivity contribution in [3.63, 3.8) is 0 Å². The first-order valence-corrected chi connectivity index (χ1v) is 12.2. The number of halogens is 3. The number of alkyl halides is 3. The SMILES string of the molecule is COc1cc2nccc(Oc3ccc(NS(=O)(=O)c4ccccc4OC(F)(F)F)c(C)c3)c2cc1OC. The van der Waals surface area contributed by atoms with Gasteiger partial charge in [0.25, 0.3) is 10.0 Å². The Bertz CT molecular complexity index is 1560. The van der Waals surface area contributed by atoms with E-state index >= 15 is 0 Å². The van der Waals surface area contributed by atoms with E-state index in [0.717, 1.165) is 12.1 Å². The second-order valence-electron chi connectivity index (χ2n) is 7.71. The first-order valence-electron chi connectivity index (χ1n) is 10.7. The molecule has 0 unspecified atom stereocenters. The minimum atomic E-state index is -5.05. The molecule has 4 aromatic rings. The molecule has 0 saturated heterocycles. The molecule has 0 atom stereocenters. The Morgan fingerprint density at radius 3 is 2.24 bits per heavy atom. The number of anilines is 1. The number of fused-ring (bicyclic) bond motifs is 1. The van der Waals surface area contributed by atoms with Gasteiger partial charge in [-0.25, -0.2) is 8.42 Å². The molecule has 0 saturated carbocycles. The van der Waals surface area contributed by atoms with Crippen molar-refractivity contribution >= 4 is 26.6 Å². The zero-order chi connectivity index (χ0) is 26.8. The van der Waals surface area contributed by atoms with Crippen LogP contribution < -0.4 is 23.7 Å². The molecule has 37 heavy (non-hydrogen) atoms. The van der Waals surface area contributed by atoms with Crippen molar-refractivity contribution in [1.82, 2.24) is 4.98 Å². The van der Waals surface area contributed by atoms with Crippen LogP contribution in [0.25, 0.3) is 10.9 Å². The third-order valence-electron chi connectivity index (χ3n) is 5.24. The Hall–Kier alpha value is -4.19. The van der Waals surface area contributed by atoms with E-state index in [-0.39, 0.29) is 5.69 Å². The van der Waals surface area contributed by atoms with E-state index in [0.29, 0.717) is 39.5 Å². The number of methoxy groups -OCH3 is 2. The predicted octanol–water partition coefficient (Wildman–Crippen LogP) is 6.05. The first-order chi connectivity index (χ1) is 17.5. The van der Waals surface area contributed by atoms with E-state index in [9.17, 15) is 21.6 Å². The van der Waals surface area contributed by atoms with Crippen molar-refractivity contribution in [3.05, 3.63) is 72.4 Å². The smallest absolute Gasteiger partial charge is 0.493 e. The highest BCUT2D eigenvalue weighted by Gasteiger charge is 2.34. The van der Waals surface area contributed by atoms with Gasteiger partial charge in [0.2, 0.25) is 0 Å². The van der Waals surface area contributed by atoms with Crippen molar-refractivity contribution in [3.8, 4) is 28.7 Å². The van der Waals surface area contributed by atoms with Gasteiger partial charge in [0.1, 0.15) is 22.1 Å². The third kappa shape index (κ3) is 5.80. The van der Waals surface area contributed by atoms with Crippen LogP contribution in [0.3, 0.4) is 0 Å². The molecule has 4 rings (SSSR count). The van der Waals surface area contributed by atoms with E-state index in [2.05, 4.69) is 14.4 Å². The van der Waals surface area contributed by atoms with Crippen LogP contribution in [-0.2, 0) is 10.0 Å². The molecule has 1 N–H and O–H groups in total. The number of nitrogens with one attached hydrogen (secondary N) is 1. The van der Waals surface area contributed by atoms with Crippen LogP contribution in [-0.4, -0.2) is 34.0 Å². The van der Waals surface area contributed by atoms with Gasteiger partial charge < -0.3 is 18.9 Å². The Kier molecular flexibility index (Phi) is 7.03. The highest BCUT2D eigenvalue weighted by atomic mass is 32.2. The standard InChI is InChI=1S/C25H21F3N2O6S/c1-15-12-16(35-20-10-11-29-19-14-23(34-3)22(33-2)13-17(19)20)8-9-18(15)30-37(31,32)24-7-5-4-6-21(24)36-25(26,27)28/h4-14,30H,1-3H3. The van der Waals surface area contributed by atoms with Crippen molar-refractivity contribution in [1.29, 1.82) is 0 Å². The quantitative estimate of drug-likeness (QED) is 0.294. The summed E-state index contributed by atoms with van der Waals surface area (Å²) in [6, 6.07) is 14.1. The Labute approximate surface area is 210 Å². The Morgan fingerprint density at radius 1 is 0.865 bits per heavy atom. The van der Waals surface area contributed by atoms with Crippen LogP contribution >= 0.6 is 0 Å². The van der Waals surface area contributed by atoms with E-state index in [1.807, 2.05) is 0 Å². The molecule has 0 bridgehead atoms. The molecule has 12 heteroatoms. The number of nitrogens with zero attached hydrogens (tertiary/aromatic N) is 1. The van der Waals surface area contributed by atoms with Gasteiger partial charge in [-0.2, -0.15) is 0 Å². The zero-order valence-electron chi connectivity index (χ0n) is 19.8. The van der Waals surface area contributed by atoms with Gasteiger partial charge in [-0.3, -0.25) is 9.71 Å². The lowest BCUT2D eigenvalue weighted by Gasteiger charge is -2.16. The normalized spacial score (nSPS) is 11.7. The lowest BCUT2D eigenvalue weighted by atomic mass is 10.1. The third-order valence-corrected chi connectivity index (χ3v) is 6.65. The van der Waals surface area contributed by atoms with Crippen molar-refractivity contribution in [2.75, 3.05) is 18.9 Å². The van der Waals surface area contributed by atoms with Gasteiger partial charge in [-0.15, -0.1) is 13.2 Å². The number of hydrogen-bond acceptors (Lipinski definition) is 7. The van der Waals surface area contributed by atoms with Crippen LogP contribution in [0.1, 0.15) is 5.56 Å². The first kappa shape index (κ1) is 25.9. The van der Waals surface area contributed by atoms with Gasteiger partial charge >= 0.3 is 6.36 Å². The van der Waals surface area contributed by atoms with E-state index in [1.165, 1.54) is 38.5 Å². The highest BCUT2D eigenvalue weighted by molar-refractivity contribution is 7.92. The molecule has 194 valence electrons. The largest absolute Gasteiger partial charge is 0.573 e. The van der Waals surface area contributed by atoms with E-state index < -0.39 is 27.0 Å². The molecular formula is C25H21F3N2O6S. The number of ether oxygens (including phenoxy) is 4. The van der Waals surface area contributed by atoms with Crippen LogP contribution in [0.4, 0.5) is 18.9 Å². The summed E-state index contributed by atoms with van der Waals surface area (Å²) in [5.41, 5.74) is 1.23. The molecule has 0 radical (unpaired) electrons. The van der Waals surface area contributed by atoms with E-state index in [4.69, 9.17) is 14.2 Å². The molecule has 0 amide bonds. The maximum Gasteiger partial charge on any atom is 0.573 e. The molecule has 0 fully saturated rings. The van der Waals surface area contributed by atoms with Crippen LogP contribution in [0, 0.1) is 6.92 Å². The van der Waals surface area contributed by atoms with Crippen LogP contribution in [0.2, 0.25) is 0 Å². The highest BCUT2D eigenvalue weighted by Crippen LogP contribution is 2.38. The number of sulfonamides is 1. The second kappa shape index (κ2) is 10.1. The van der Waals surface area contributed by atoms with Crippen LogP contribution in [0.5, 0.6) is 28.7 Å². The number of hydrogen-bond donors (Lipinski definition) is 1. The maximum atomic E-state index is 12.9. The van der Waals surface area contributed by atoms with Crippen LogP contribution in [0.15, 0.2) is 71.8 Å². The minimum absolute atomic E-state index is 0.153. The van der Waals surface area contributed by atoms with Crippen molar-refractivity contribution in [2.24, 2.45) is 0 Å². The fourth-order valence-corrected chi connectivity index (χ4v) is 4.82. The summed E-state index contributed by atoms with van der Waals surface area (Å²) < 4.78 is 86.8. The Morgan fingerprint density at radius 2 is 1.57 bits per heavy atom. The van der Waals surface area contributed by atoms with Gasteiger partial charge in [0.15, 0.2) is 11.5 Å². The fourth-order valence-electron chi connectivity index (χ4n) is 3.56. The number of rotatable bonds is 8. The van der Waals surface area contributed by atoms with Gasteiger partial charge in [0.05, 0.1) is 25.4 Å². The lowest BCUT2D eigenvalue weighted by Crippen LogP contribution is -2.21. The molecule has 8 nitrogen and oxygen atoms in total. The number of aryl methyl sites for hydroxylation is 1. The minimum Gasteiger partial charge on any atom is -0.493 e. The monoisotopic (exact) mass is 534 g/mol. The number of benzene rings is 3. The fraction of sp³-hybridized carbons (Fsp3) is 0.160. The topological polar surface area (TPSA) is 96.0 Å². The predicted molar refractivity (Wildman–Crippen MR) is 130 cm³/mol. The number of aromatic nitrogens is 1. The molecule has 0 aliphatic carbocycles. The lowest BCUT2D eigenvalue weighted by molar-refractivity contribution is -0.275. The average molecular weight is 535 g/mol. The molecule has 0 aliphatic rings. The summed E-state index contributed by atoms with van der Waals surface area (Å²) in [4.78, 5) is 3.67. The summed E-state index contributed by atoms with van der Waals surface area (Å²) in [7, 11) is -1.37. The number of para-hydroxylation sites is 1. The molecule has 3 aromatic carbocycles. The van der Waals surface area contributed by atoms with Gasteiger partial charge in [0, 0.05) is 17.6 Å². The summed E-state index contributed by atoms with van der Waals surface area (Å²) in [5, 5.41) is 0.656. The summed E-state index contributed by atoms with van der Waals surface area (Å²) >= 11 is 0. The molecule has 1 heterocycles. The maximum absolute atomic E-state index is 12.9. The molecule has 0 aliphatic heterocycles. The van der Waals surface area contributed by atoms with Crippen molar-refractivity contribution in [2.45, 2.75) is 18.2 Å². The molecule has 0 spiro atoms. The summed E-state index contributed by atoms with van der Waals surface area (Å²) in [6.45, 7) is 1.63. The zero-order valence-corrected chi connectivity index (χ0v) is 20.6. The molecule has 1 aromatic heterocycles. The van der Waals surface area contributed by atoms with E-state index in [1.54, 1.807) is 37.4 Å². The Balaban J connectivity index is 1.61. The number of pyridine rings is 1. The summed E-state index contributed by atoms with van der Waals surface area (Å²) in [6.07, 6.45) is -3.48. The van der Waals surface area contributed by atoms with Gasteiger partial charge in [-0.1, -0.05) is 12.1 Å². The molecular weight excluding hydrogens is 513 g/mol. The summed E-state index contributed by atoms with van der Waals surface area (Å²) in [5.74, 6) is 1.02. The average Bonchev–Trinajstić information content (AvgIpc) is 2.84. The van der Waals surface area contributed by atoms with Gasteiger partial charge in [-0.05, 0) is 55.0 Å².